The molecule has 0 radical (unpaired) electrons. The molecule has 0 bridgehead atoms. The summed E-state index contributed by atoms with van der Waals surface area (Å²) < 4.78 is 30.0. The van der Waals surface area contributed by atoms with Crippen molar-refractivity contribution < 1.29 is 17.7 Å². The third-order valence-corrected chi connectivity index (χ3v) is 6.06. The van der Waals surface area contributed by atoms with Gasteiger partial charge < -0.3 is 9.84 Å². The Hall–Kier alpha value is -2.26. The van der Waals surface area contributed by atoms with E-state index in [4.69, 9.17) is 4.52 Å². The summed E-state index contributed by atoms with van der Waals surface area (Å²) in [5.74, 6) is 0.952. The zero-order valence-electron chi connectivity index (χ0n) is 16.4. The summed E-state index contributed by atoms with van der Waals surface area (Å²) in [5, 5.41) is 6.87. The van der Waals surface area contributed by atoms with E-state index < -0.39 is 10.0 Å². The van der Waals surface area contributed by atoms with Gasteiger partial charge in [-0.3, -0.25) is 4.79 Å². The molecule has 0 saturated carbocycles. The number of carbonyl (C=O) groups is 1. The summed E-state index contributed by atoms with van der Waals surface area (Å²) in [5.41, 5.74) is 1.69. The summed E-state index contributed by atoms with van der Waals surface area (Å²) >= 11 is 0. The third kappa shape index (κ3) is 5.17. The zero-order valence-corrected chi connectivity index (χ0v) is 17.2. The molecule has 1 unspecified atom stereocenters. The highest BCUT2D eigenvalue weighted by Gasteiger charge is 2.30. The number of nitrogens with one attached hydrogen (secondary N) is 1. The SMILES string of the molecule is CC(C)c1nc(Cc2ccc(NC(=O)C3CCCN(S(C)(=O)=O)C3)cc2)no1. The van der Waals surface area contributed by atoms with Gasteiger partial charge in [-0.05, 0) is 30.5 Å². The second-order valence-electron chi connectivity index (χ2n) is 7.53. The van der Waals surface area contributed by atoms with E-state index in [9.17, 15) is 13.2 Å². The Balaban J connectivity index is 1.58. The molecule has 2 aromatic rings. The van der Waals surface area contributed by atoms with E-state index in [0.29, 0.717) is 43.2 Å². The second-order valence-corrected chi connectivity index (χ2v) is 9.51. The molecule has 152 valence electrons. The number of rotatable bonds is 6. The highest BCUT2D eigenvalue weighted by molar-refractivity contribution is 7.88. The van der Waals surface area contributed by atoms with Crippen molar-refractivity contribution >= 4 is 21.6 Å². The molecule has 1 aliphatic rings. The minimum absolute atomic E-state index is 0.152. The molecule has 1 N–H and O–H groups in total. The van der Waals surface area contributed by atoms with E-state index in [0.717, 1.165) is 5.56 Å². The largest absolute Gasteiger partial charge is 0.339 e. The lowest BCUT2D eigenvalue weighted by Crippen LogP contribution is -2.43. The summed E-state index contributed by atoms with van der Waals surface area (Å²) in [4.78, 5) is 16.9. The first-order chi connectivity index (χ1) is 13.2. The number of piperidine rings is 1. The van der Waals surface area contributed by atoms with Gasteiger partial charge in [0.25, 0.3) is 0 Å². The van der Waals surface area contributed by atoms with Crippen molar-refractivity contribution in [3.05, 3.63) is 41.5 Å². The van der Waals surface area contributed by atoms with Crippen LogP contribution in [0, 0.1) is 5.92 Å². The summed E-state index contributed by atoms with van der Waals surface area (Å²) in [6.07, 6.45) is 3.11. The van der Waals surface area contributed by atoms with Gasteiger partial charge in [-0.25, -0.2) is 12.7 Å². The van der Waals surface area contributed by atoms with Crippen LogP contribution in [-0.4, -0.2) is 48.1 Å². The molecule has 1 amide bonds. The lowest BCUT2D eigenvalue weighted by Gasteiger charge is -2.30. The fraction of sp³-hybridized carbons (Fsp3) is 0.526. The van der Waals surface area contributed by atoms with Crippen LogP contribution in [0.25, 0.3) is 0 Å². The highest BCUT2D eigenvalue weighted by atomic mass is 32.2. The van der Waals surface area contributed by atoms with Crippen molar-refractivity contribution in [2.45, 2.75) is 39.0 Å². The molecule has 1 atom stereocenters. The lowest BCUT2D eigenvalue weighted by atomic mass is 9.98. The number of aromatic nitrogens is 2. The highest BCUT2D eigenvalue weighted by Crippen LogP contribution is 2.21. The van der Waals surface area contributed by atoms with E-state index in [2.05, 4.69) is 15.5 Å². The molecule has 28 heavy (non-hydrogen) atoms. The smallest absolute Gasteiger partial charge is 0.229 e. The Kier molecular flexibility index (Phi) is 6.14. The van der Waals surface area contributed by atoms with Gasteiger partial charge in [-0.1, -0.05) is 31.1 Å². The monoisotopic (exact) mass is 406 g/mol. The molecule has 0 spiro atoms. The van der Waals surface area contributed by atoms with Crippen LogP contribution >= 0.6 is 0 Å². The first-order valence-electron chi connectivity index (χ1n) is 9.40. The molecule has 1 fully saturated rings. The molecular weight excluding hydrogens is 380 g/mol. The molecule has 9 heteroatoms. The predicted octanol–water partition coefficient (Wildman–Crippen LogP) is 2.39. The second kappa shape index (κ2) is 8.40. The number of sulfonamides is 1. The van der Waals surface area contributed by atoms with Crippen LogP contribution in [0.15, 0.2) is 28.8 Å². The third-order valence-electron chi connectivity index (χ3n) is 4.79. The van der Waals surface area contributed by atoms with E-state index in [1.165, 1.54) is 10.6 Å². The van der Waals surface area contributed by atoms with Gasteiger partial charge in [0.1, 0.15) is 0 Å². The van der Waals surface area contributed by atoms with Gasteiger partial charge in [-0.2, -0.15) is 4.98 Å². The van der Waals surface area contributed by atoms with Gasteiger partial charge >= 0.3 is 0 Å². The summed E-state index contributed by atoms with van der Waals surface area (Å²) in [7, 11) is -3.27. The van der Waals surface area contributed by atoms with Gasteiger partial charge in [0.15, 0.2) is 5.82 Å². The normalized spacial score (nSPS) is 18.4. The minimum atomic E-state index is -3.27. The molecule has 2 heterocycles. The number of anilines is 1. The number of amides is 1. The van der Waals surface area contributed by atoms with Crippen LogP contribution < -0.4 is 5.32 Å². The lowest BCUT2D eigenvalue weighted by molar-refractivity contribution is -0.120. The zero-order chi connectivity index (χ0) is 20.3. The van der Waals surface area contributed by atoms with Crippen molar-refractivity contribution in [3.8, 4) is 0 Å². The summed E-state index contributed by atoms with van der Waals surface area (Å²) in [6, 6.07) is 7.47. The average molecular weight is 407 g/mol. The van der Waals surface area contributed by atoms with Gasteiger partial charge in [-0.15, -0.1) is 0 Å². The Morgan fingerprint density at radius 2 is 2.04 bits per heavy atom. The van der Waals surface area contributed by atoms with Gasteiger partial charge in [0.2, 0.25) is 21.8 Å². The molecule has 8 nitrogen and oxygen atoms in total. The molecule has 1 aliphatic heterocycles. The number of nitrogens with zero attached hydrogens (tertiary/aromatic N) is 3. The average Bonchev–Trinajstić information content (AvgIpc) is 3.11. The van der Waals surface area contributed by atoms with Crippen LogP contribution in [0.3, 0.4) is 0 Å². The molecule has 3 rings (SSSR count). The van der Waals surface area contributed by atoms with Crippen molar-refractivity contribution in [3.63, 3.8) is 0 Å². The number of benzene rings is 1. The van der Waals surface area contributed by atoms with Crippen LogP contribution in [0.1, 0.15) is 49.9 Å². The van der Waals surface area contributed by atoms with Crippen LogP contribution in [0.2, 0.25) is 0 Å². The maximum absolute atomic E-state index is 12.5. The number of carbonyl (C=O) groups excluding carboxylic acids is 1. The Morgan fingerprint density at radius 1 is 1.32 bits per heavy atom. The van der Waals surface area contributed by atoms with E-state index in [1.54, 1.807) is 0 Å². The maximum atomic E-state index is 12.5. The fourth-order valence-corrected chi connectivity index (χ4v) is 4.08. The standard InChI is InChI=1S/C19H26N4O4S/c1-13(2)19-21-17(22-27-19)11-14-6-8-16(9-7-14)20-18(24)15-5-4-10-23(12-15)28(3,25)26/h6-9,13,15H,4-5,10-12H2,1-3H3,(H,20,24). The van der Waals surface area contributed by atoms with Crippen LogP contribution in [0.4, 0.5) is 5.69 Å². The molecule has 1 aromatic heterocycles. The van der Waals surface area contributed by atoms with Crippen molar-refractivity contribution in [2.24, 2.45) is 5.92 Å². The topological polar surface area (TPSA) is 105 Å². The predicted molar refractivity (Wildman–Crippen MR) is 105 cm³/mol. The van der Waals surface area contributed by atoms with Crippen molar-refractivity contribution in [1.82, 2.24) is 14.4 Å². The van der Waals surface area contributed by atoms with Crippen molar-refractivity contribution in [1.29, 1.82) is 0 Å². The Bertz CT molecular complexity index is 922. The Labute approximate surface area is 165 Å². The number of hydrogen-bond donors (Lipinski definition) is 1. The van der Waals surface area contributed by atoms with Crippen LogP contribution in [-0.2, 0) is 21.2 Å². The maximum Gasteiger partial charge on any atom is 0.229 e. The fourth-order valence-electron chi connectivity index (χ4n) is 3.16. The summed E-state index contributed by atoms with van der Waals surface area (Å²) in [6.45, 7) is 4.71. The molecular formula is C19H26N4O4S. The molecule has 1 saturated heterocycles. The minimum Gasteiger partial charge on any atom is -0.339 e. The molecule has 0 aliphatic carbocycles. The first-order valence-corrected chi connectivity index (χ1v) is 11.2. The first kappa shape index (κ1) is 20.5. The van der Waals surface area contributed by atoms with Crippen LogP contribution in [0.5, 0.6) is 0 Å². The van der Waals surface area contributed by atoms with E-state index in [1.807, 2.05) is 38.1 Å². The number of hydrogen-bond acceptors (Lipinski definition) is 6. The van der Waals surface area contributed by atoms with Gasteiger partial charge in [0, 0.05) is 31.1 Å². The quantitative estimate of drug-likeness (QED) is 0.790. The van der Waals surface area contributed by atoms with E-state index >= 15 is 0 Å². The van der Waals surface area contributed by atoms with Crippen molar-refractivity contribution in [2.75, 3.05) is 24.7 Å². The molecule has 1 aromatic carbocycles. The Morgan fingerprint density at radius 3 is 2.64 bits per heavy atom. The van der Waals surface area contributed by atoms with Gasteiger partial charge in [0.05, 0.1) is 12.2 Å². The van der Waals surface area contributed by atoms with E-state index in [-0.39, 0.29) is 24.3 Å².